The summed E-state index contributed by atoms with van der Waals surface area (Å²) in [5, 5.41) is 16.1. The van der Waals surface area contributed by atoms with Crippen molar-refractivity contribution in [2.45, 2.75) is 6.92 Å². The van der Waals surface area contributed by atoms with Gasteiger partial charge in [0.1, 0.15) is 17.5 Å². The van der Waals surface area contributed by atoms with Crippen LogP contribution >= 0.6 is 0 Å². The molecule has 0 radical (unpaired) electrons. The largest absolute Gasteiger partial charge is 0.373 e. The maximum absolute atomic E-state index is 13.8. The van der Waals surface area contributed by atoms with E-state index in [9.17, 15) is 18.9 Å². The Morgan fingerprint density at radius 2 is 1.95 bits per heavy atom. The van der Waals surface area contributed by atoms with E-state index in [2.05, 4.69) is 15.6 Å². The van der Waals surface area contributed by atoms with E-state index in [1.54, 1.807) is 7.05 Å². The Morgan fingerprint density at radius 1 is 1.24 bits per heavy atom. The number of hydrogen-bond donors (Lipinski definition) is 2. The van der Waals surface area contributed by atoms with Crippen molar-refractivity contribution in [2.75, 3.05) is 17.7 Å². The first-order valence-electron chi connectivity index (χ1n) is 5.98. The lowest BCUT2D eigenvalue weighted by molar-refractivity contribution is -0.384. The van der Waals surface area contributed by atoms with Crippen LogP contribution in [0.1, 0.15) is 5.56 Å². The molecule has 0 fully saturated rings. The van der Waals surface area contributed by atoms with Gasteiger partial charge in [0.15, 0.2) is 0 Å². The number of rotatable bonds is 4. The van der Waals surface area contributed by atoms with Gasteiger partial charge in [-0.05, 0) is 24.6 Å². The minimum absolute atomic E-state index is 0.143. The highest BCUT2D eigenvalue weighted by atomic mass is 19.1. The number of nitro groups is 1. The lowest BCUT2D eigenvalue weighted by Gasteiger charge is -2.10. The second kappa shape index (κ2) is 5.70. The molecule has 1 aromatic heterocycles. The predicted molar refractivity (Wildman–Crippen MR) is 74.8 cm³/mol. The van der Waals surface area contributed by atoms with Crippen LogP contribution in [0.2, 0.25) is 0 Å². The van der Waals surface area contributed by atoms with Crippen LogP contribution in [-0.4, -0.2) is 17.0 Å². The lowest BCUT2D eigenvalue weighted by atomic mass is 10.2. The molecule has 2 N–H and O–H groups in total. The Hall–Kier alpha value is -2.77. The van der Waals surface area contributed by atoms with E-state index in [1.165, 1.54) is 19.1 Å². The predicted octanol–water partition coefficient (Wildman–Crippen LogP) is 3.36. The number of nitrogens with zero attached hydrogens (tertiary/aromatic N) is 2. The van der Waals surface area contributed by atoms with E-state index in [-0.39, 0.29) is 22.8 Å². The van der Waals surface area contributed by atoms with Gasteiger partial charge in [0.25, 0.3) is 0 Å². The third-order valence-electron chi connectivity index (χ3n) is 2.83. The zero-order valence-electron chi connectivity index (χ0n) is 11.3. The molecule has 0 saturated carbocycles. The topological polar surface area (TPSA) is 80.1 Å². The molecule has 2 rings (SSSR count). The number of hydrogen-bond acceptors (Lipinski definition) is 5. The van der Waals surface area contributed by atoms with E-state index in [0.29, 0.717) is 5.82 Å². The maximum atomic E-state index is 13.8. The van der Waals surface area contributed by atoms with Crippen LogP contribution in [0.25, 0.3) is 0 Å². The van der Waals surface area contributed by atoms with Crippen molar-refractivity contribution in [3.05, 3.63) is 51.6 Å². The fourth-order valence-corrected chi connectivity index (χ4v) is 1.70. The quantitative estimate of drug-likeness (QED) is 0.667. The molecule has 0 atom stereocenters. The average Bonchev–Trinajstić information content (AvgIpc) is 2.44. The molecule has 6 nitrogen and oxygen atoms in total. The Morgan fingerprint density at radius 3 is 2.57 bits per heavy atom. The van der Waals surface area contributed by atoms with Gasteiger partial charge in [-0.25, -0.2) is 13.8 Å². The summed E-state index contributed by atoms with van der Waals surface area (Å²) in [6.07, 6.45) is 0. The minimum Gasteiger partial charge on any atom is -0.373 e. The molecule has 110 valence electrons. The second-order valence-electron chi connectivity index (χ2n) is 4.28. The van der Waals surface area contributed by atoms with E-state index in [1.807, 2.05) is 0 Å². The molecule has 0 unspecified atom stereocenters. The van der Waals surface area contributed by atoms with Gasteiger partial charge in [-0.15, -0.1) is 0 Å². The highest BCUT2D eigenvalue weighted by Crippen LogP contribution is 2.29. The van der Waals surface area contributed by atoms with Crippen molar-refractivity contribution in [1.82, 2.24) is 4.98 Å². The molecule has 0 bridgehead atoms. The van der Waals surface area contributed by atoms with Crippen LogP contribution in [0.5, 0.6) is 0 Å². The van der Waals surface area contributed by atoms with E-state index < -0.39 is 16.6 Å². The third-order valence-corrected chi connectivity index (χ3v) is 2.83. The van der Waals surface area contributed by atoms with Gasteiger partial charge in [-0.1, -0.05) is 0 Å². The summed E-state index contributed by atoms with van der Waals surface area (Å²) in [6.45, 7) is 1.42. The smallest absolute Gasteiger partial charge is 0.311 e. The summed E-state index contributed by atoms with van der Waals surface area (Å²) in [6, 6.07) is 4.58. The summed E-state index contributed by atoms with van der Waals surface area (Å²) in [7, 11) is 1.59. The maximum Gasteiger partial charge on any atom is 0.311 e. The highest BCUT2D eigenvalue weighted by Gasteiger charge is 2.18. The first kappa shape index (κ1) is 14.6. The zero-order chi connectivity index (χ0) is 15.6. The monoisotopic (exact) mass is 294 g/mol. The molecule has 1 heterocycles. The highest BCUT2D eigenvalue weighted by molar-refractivity contribution is 5.68. The van der Waals surface area contributed by atoms with Crippen LogP contribution in [0.15, 0.2) is 24.3 Å². The standard InChI is InChI=1S/C13H12F2N4O2/c1-7-5-9(15)10(6-8(7)14)17-13-11(19(20)21)3-4-12(16-2)18-13/h3-6H,1-2H3,(H2,16,17,18). The van der Waals surface area contributed by atoms with Crippen LogP contribution in [0.4, 0.5) is 31.8 Å². The molecule has 2 aromatic rings. The van der Waals surface area contributed by atoms with Crippen molar-refractivity contribution in [3.63, 3.8) is 0 Å². The molecule has 0 aliphatic rings. The van der Waals surface area contributed by atoms with Gasteiger partial charge in [0.2, 0.25) is 5.82 Å². The number of nitrogens with one attached hydrogen (secondary N) is 2. The fourth-order valence-electron chi connectivity index (χ4n) is 1.70. The Kier molecular flexibility index (Phi) is 3.97. The molecular weight excluding hydrogens is 282 g/mol. The average molecular weight is 294 g/mol. The van der Waals surface area contributed by atoms with Gasteiger partial charge >= 0.3 is 5.69 Å². The number of anilines is 3. The van der Waals surface area contributed by atoms with Crippen LogP contribution in [-0.2, 0) is 0 Å². The van der Waals surface area contributed by atoms with Gasteiger partial charge in [-0.2, -0.15) is 0 Å². The Balaban J connectivity index is 2.47. The molecular formula is C13H12F2N4O2. The van der Waals surface area contributed by atoms with Gasteiger partial charge in [0.05, 0.1) is 10.6 Å². The number of aryl methyl sites for hydroxylation is 1. The number of halogens is 2. The number of aromatic nitrogens is 1. The first-order chi connectivity index (χ1) is 9.92. The molecule has 0 amide bonds. The molecule has 1 aromatic carbocycles. The van der Waals surface area contributed by atoms with E-state index >= 15 is 0 Å². The van der Waals surface area contributed by atoms with Gasteiger partial charge in [0, 0.05) is 19.2 Å². The fraction of sp³-hybridized carbons (Fsp3) is 0.154. The molecule has 0 saturated heterocycles. The van der Waals surface area contributed by atoms with Gasteiger partial charge in [-0.3, -0.25) is 10.1 Å². The SMILES string of the molecule is CNc1ccc([N+](=O)[O-])c(Nc2cc(F)c(C)cc2F)n1. The third kappa shape index (κ3) is 3.04. The first-order valence-corrected chi connectivity index (χ1v) is 5.98. The number of benzene rings is 1. The Bertz CT molecular complexity index is 707. The van der Waals surface area contributed by atoms with Crippen molar-refractivity contribution < 1.29 is 13.7 Å². The molecule has 8 heteroatoms. The van der Waals surface area contributed by atoms with Crippen molar-refractivity contribution in [2.24, 2.45) is 0 Å². The summed E-state index contributed by atoms with van der Waals surface area (Å²) in [5.41, 5.74) is -0.416. The van der Waals surface area contributed by atoms with E-state index in [4.69, 9.17) is 0 Å². The summed E-state index contributed by atoms with van der Waals surface area (Å²) < 4.78 is 27.3. The van der Waals surface area contributed by atoms with Gasteiger partial charge < -0.3 is 10.6 Å². The van der Waals surface area contributed by atoms with Crippen LogP contribution < -0.4 is 10.6 Å². The van der Waals surface area contributed by atoms with Crippen molar-refractivity contribution in [1.29, 1.82) is 0 Å². The zero-order valence-corrected chi connectivity index (χ0v) is 11.3. The summed E-state index contributed by atoms with van der Waals surface area (Å²) in [4.78, 5) is 14.2. The molecule has 0 aliphatic heterocycles. The normalized spacial score (nSPS) is 10.3. The van der Waals surface area contributed by atoms with Crippen molar-refractivity contribution >= 4 is 23.0 Å². The second-order valence-corrected chi connectivity index (χ2v) is 4.28. The van der Waals surface area contributed by atoms with Crippen LogP contribution in [0, 0.1) is 28.7 Å². The Labute approximate surface area is 119 Å². The molecule has 0 spiro atoms. The summed E-state index contributed by atoms with van der Waals surface area (Å²) in [5.74, 6) is -1.16. The van der Waals surface area contributed by atoms with E-state index in [0.717, 1.165) is 12.1 Å². The number of pyridine rings is 1. The van der Waals surface area contributed by atoms with Crippen molar-refractivity contribution in [3.8, 4) is 0 Å². The molecule has 21 heavy (non-hydrogen) atoms. The molecule has 0 aliphatic carbocycles. The van der Waals surface area contributed by atoms with Crippen LogP contribution in [0.3, 0.4) is 0 Å². The lowest BCUT2D eigenvalue weighted by Crippen LogP contribution is -2.04. The minimum atomic E-state index is -0.722. The summed E-state index contributed by atoms with van der Waals surface area (Å²) >= 11 is 0.